The molecule has 2 aliphatic carbocycles. The van der Waals surface area contributed by atoms with E-state index in [1.807, 2.05) is 0 Å². The minimum Gasteiger partial charge on any atom is -0.335 e. The van der Waals surface area contributed by atoms with Gasteiger partial charge in [-0.3, -0.25) is 0 Å². The number of hydrogen-bond acceptors (Lipinski definition) is 3. The zero-order chi connectivity index (χ0) is 51.4. The Hall–Kier alpha value is -6.56. The molecule has 374 valence electrons. The van der Waals surface area contributed by atoms with Crippen LogP contribution in [0.25, 0.3) is 22.3 Å². The van der Waals surface area contributed by atoms with Crippen LogP contribution in [0.15, 0.2) is 176 Å². The molecule has 0 spiro atoms. The lowest BCUT2D eigenvalue weighted by molar-refractivity contribution is 0.194. The minimum absolute atomic E-state index is 0.0105. The van der Waals surface area contributed by atoms with Crippen molar-refractivity contribution >= 4 is 76.2 Å². The van der Waals surface area contributed by atoms with Gasteiger partial charge in [-0.1, -0.05) is 218 Å². The van der Waals surface area contributed by atoms with E-state index in [4.69, 9.17) is 0 Å². The summed E-state index contributed by atoms with van der Waals surface area (Å²) in [6.07, 6.45) is 9.54. The maximum Gasteiger partial charge on any atom is 0.252 e. The SMILES string of the molecule is CC(C)(C)c1ccc2c(c1)C1(C)CCCCC1(C)N2c1cc2c3c(c1)N1c4c(cc([Si](C)(C)C)cc4C4(c5ccccc5)CCCCC14C)B3c1cc(-c3ccccc3)ccc1N2c1ccc(-c2ccccc2)cc1. The predicted molar refractivity (Wildman–Crippen MR) is 324 cm³/mol. The Labute approximate surface area is 448 Å². The van der Waals surface area contributed by atoms with Gasteiger partial charge in [0.25, 0.3) is 6.71 Å². The standard InChI is InChI=1S/C70H72BN3Si/c1-66(2,3)52-32-36-60-56(42-52)67(4)37-19-20-38-68(67,5)73(60)54-43-62-64-63(44-54)74-65-57(70(51-27-17-12-18-28-51)40-22-21-39-69(70,74)6)45-55(75(7,8)9)46-59(65)71(64)58-41-50(48-25-15-11-16-26-48)31-35-61(58)72(62)53-33-29-49(30-34-53)47-23-13-10-14-24-47/h10-18,23-36,41-46H,19-22,37-40H2,1-9H3. The smallest absolute Gasteiger partial charge is 0.252 e. The van der Waals surface area contributed by atoms with Crippen molar-refractivity contribution in [2.24, 2.45) is 0 Å². The average Bonchev–Trinajstić information content (AvgIpc) is 4.06. The lowest BCUT2D eigenvalue weighted by atomic mass is 9.33. The predicted octanol–water partition coefficient (Wildman–Crippen LogP) is 16.0. The summed E-state index contributed by atoms with van der Waals surface area (Å²) < 4.78 is 0. The minimum atomic E-state index is -1.87. The van der Waals surface area contributed by atoms with Crippen molar-refractivity contribution in [3.05, 3.63) is 198 Å². The first-order valence-electron chi connectivity index (χ1n) is 28.4. The Bertz CT molecular complexity index is 3600. The quantitative estimate of drug-likeness (QED) is 0.154. The summed E-state index contributed by atoms with van der Waals surface area (Å²) in [5.74, 6) is 0. The molecule has 4 heterocycles. The number of benzene rings is 8. The van der Waals surface area contributed by atoms with Gasteiger partial charge in [0, 0.05) is 50.6 Å². The summed E-state index contributed by atoms with van der Waals surface area (Å²) in [5.41, 5.74) is 24.2. The van der Waals surface area contributed by atoms with Crippen molar-refractivity contribution in [3.8, 4) is 22.3 Å². The topological polar surface area (TPSA) is 9.72 Å². The molecule has 2 fully saturated rings. The van der Waals surface area contributed by atoms with Gasteiger partial charge in [-0.25, -0.2) is 0 Å². The molecule has 2 saturated carbocycles. The third-order valence-corrected chi connectivity index (χ3v) is 22.2. The number of anilines is 7. The first-order valence-corrected chi connectivity index (χ1v) is 31.9. The van der Waals surface area contributed by atoms with Gasteiger partial charge < -0.3 is 14.7 Å². The highest BCUT2D eigenvalue weighted by Gasteiger charge is 2.65. The second-order valence-corrected chi connectivity index (χ2v) is 31.2. The van der Waals surface area contributed by atoms with Gasteiger partial charge in [0.15, 0.2) is 0 Å². The second-order valence-electron chi connectivity index (χ2n) is 26.1. The molecule has 75 heavy (non-hydrogen) atoms. The van der Waals surface area contributed by atoms with E-state index in [1.165, 1.54) is 127 Å². The Morgan fingerprint density at radius 3 is 1.73 bits per heavy atom. The van der Waals surface area contributed by atoms with Gasteiger partial charge in [-0.15, -0.1) is 0 Å². The first-order chi connectivity index (χ1) is 36.0. The molecule has 4 unspecified atom stereocenters. The Morgan fingerprint density at radius 2 is 1.05 bits per heavy atom. The largest absolute Gasteiger partial charge is 0.335 e. The second kappa shape index (κ2) is 16.2. The van der Waals surface area contributed by atoms with Crippen LogP contribution in [0.1, 0.15) is 115 Å². The van der Waals surface area contributed by atoms with E-state index >= 15 is 0 Å². The zero-order valence-corrected chi connectivity index (χ0v) is 46.8. The highest BCUT2D eigenvalue weighted by atomic mass is 28.3. The van der Waals surface area contributed by atoms with Gasteiger partial charge in [-0.2, -0.15) is 0 Å². The molecule has 0 radical (unpaired) electrons. The number of nitrogens with zero attached hydrogens (tertiary/aromatic N) is 3. The van der Waals surface area contributed by atoms with Gasteiger partial charge >= 0.3 is 0 Å². The van der Waals surface area contributed by atoms with Crippen LogP contribution < -0.4 is 36.3 Å². The third-order valence-electron chi connectivity index (χ3n) is 20.2. The van der Waals surface area contributed by atoms with E-state index in [0.29, 0.717) is 0 Å². The van der Waals surface area contributed by atoms with Crippen LogP contribution in [-0.2, 0) is 16.2 Å². The Balaban J connectivity index is 1.12. The molecule has 8 aromatic rings. The Morgan fingerprint density at radius 1 is 0.467 bits per heavy atom. The van der Waals surface area contributed by atoms with E-state index in [9.17, 15) is 0 Å². The molecule has 0 N–H and O–H groups in total. The van der Waals surface area contributed by atoms with Crippen molar-refractivity contribution in [1.29, 1.82) is 0 Å². The molecule has 0 aromatic heterocycles. The molecule has 8 aromatic carbocycles. The van der Waals surface area contributed by atoms with Crippen molar-refractivity contribution in [2.75, 3.05) is 14.7 Å². The number of fused-ring (bicyclic) bond motifs is 10. The van der Waals surface area contributed by atoms with Gasteiger partial charge in [0.2, 0.25) is 0 Å². The summed E-state index contributed by atoms with van der Waals surface area (Å²) in [6.45, 7) is 22.8. The molecule has 0 bridgehead atoms. The molecule has 5 heteroatoms. The van der Waals surface area contributed by atoms with E-state index in [2.05, 4.69) is 252 Å². The van der Waals surface area contributed by atoms with E-state index in [1.54, 1.807) is 10.8 Å². The molecule has 4 atom stereocenters. The molecular weight excluding hydrogens is 922 g/mol. The summed E-state index contributed by atoms with van der Waals surface area (Å²) in [6, 6.07) is 69.2. The fraction of sp³-hybridized carbons (Fsp3) is 0.314. The maximum atomic E-state index is 2.99. The Kier molecular flexibility index (Phi) is 10.2. The van der Waals surface area contributed by atoms with E-state index < -0.39 is 8.07 Å². The maximum absolute atomic E-state index is 2.99. The van der Waals surface area contributed by atoms with Crippen LogP contribution in [0, 0.1) is 0 Å². The van der Waals surface area contributed by atoms with Crippen LogP contribution in [0.2, 0.25) is 19.6 Å². The van der Waals surface area contributed by atoms with Crippen LogP contribution in [0.5, 0.6) is 0 Å². The van der Waals surface area contributed by atoms with E-state index in [0.717, 1.165) is 19.3 Å². The van der Waals surface area contributed by atoms with Crippen molar-refractivity contribution in [3.63, 3.8) is 0 Å². The zero-order valence-electron chi connectivity index (χ0n) is 45.8. The van der Waals surface area contributed by atoms with Gasteiger partial charge in [0.1, 0.15) is 0 Å². The summed E-state index contributed by atoms with van der Waals surface area (Å²) in [4.78, 5) is 8.54. The molecule has 14 rings (SSSR count). The third kappa shape index (κ3) is 6.46. The molecule has 6 aliphatic rings. The summed E-state index contributed by atoms with van der Waals surface area (Å²) in [7, 11) is -1.87. The van der Waals surface area contributed by atoms with Crippen molar-refractivity contribution < 1.29 is 0 Å². The van der Waals surface area contributed by atoms with E-state index in [-0.39, 0.29) is 34.0 Å². The number of hydrogen-bond donors (Lipinski definition) is 0. The van der Waals surface area contributed by atoms with Crippen LogP contribution >= 0.6 is 0 Å². The highest BCUT2D eigenvalue weighted by molar-refractivity contribution is 7.01. The summed E-state index contributed by atoms with van der Waals surface area (Å²) >= 11 is 0. The first kappa shape index (κ1) is 46.9. The summed E-state index contributed by atoms with van der Waals surface area (Å²) in [5, 5.41) is 1.57. The van der Waals surface area contributed by atoms with Crippen molar-refractivity contribution in [2.45, 2.75) is 140 Å². The fourth-order valence-electron chi connectivity index (χ4n) is 16.0. The molecule has 4 aliphatic heterocycles. The fourth-order valence-corrected chi connectivity index (χ4v) is 17.2. The monoisotopic (exact) mass is 994 g/mol. The average molecular weight is 994 g/mol. The molecule has 0 amide bonds. The van der Waals surface area contributed by atoms with Crippen LogP contribution in [0.3, 0.4) is 0 Å². The number of rotatable bonds is 6. The van der Waals surface area contributed by atoms with Crippen molar-refractivity contribution in [1.82, 2.24) is 0 Å². The lowest BCUT2D eigenvalue weighted by Gasteiger charge is -2.54. The van der Waals surface area contributed by atoms with Gasteiger partial charge in [0.05, 0.1) is 19.2 Å². The molecular formula is C70H72BN3Si. The normalized spacial score (nSPS) is 24.0. The van der Waals surface area contributed by atoms with Crippen LogP contribution in [0.4, 0.5) is 39.8 Å². The lowest BCUT2D eigenvalue weighted by Crippen LogP contribution is -2.65. The molecule has 3 nitrogen and oxygen atoms in total. The van der Waals surface area contributed by atoms with Gasteiger partial charge in [-0.05, 0) is 142 Å². The van der Waals surface area contributed by atoms with Crippen LogP contribution in [-0.4, -0.2) is 25.9 Å². The molecule has 0 saturated heterocycles. The highest BCUT2D eigenvalue weighted by Crippen LogP contribution is 2.66.